The van der Waals surface area contributed by atoms with Crippen molar-refractivity contribution in [2.24, 2.45) is 5.41 Å². The molecule has 1 fully saturated rings. The van der Waals surface area contributed by atoms with E-state index in [0.717, 1.165) is 19.6 Å². The molecule has 0 amide bonds. The molecule has 5 heteroatoms. The number of hydrogen-bond donors (Lipinski definition) is 1. The summed E-state index contributed by atoms with van der Waals surface area (Å²) in [5.41, 5.74) is 1.77. The van der Waals surface area contributed by atoms with Crippen LogP contribution in [-0.4, -0.2) is 25.2 Å². The minimum Gasteiger partial charge on any atom is -0.385 e. The van der Waals surface area contributed by atoms with Gasteiger partial charge in [0.05, 0.1) is 4.92 Å². The van der Waals surface area contributed by atoms with Gasteiger partial charge < -0.3 is 10.1 Å². The summed E-state index contributed by atoms with van der Waals surface area (Å²) in [7, 11) is 1.70. The van der Waals surface area contributed by atoms with Crippen LogP contribution < -0.4 is 5.32 Å². The van der Waals surface area contributed by atoms with Gasteiger partial charge in [-0.15, -0.1) is 0 Å². The van der Waals surface area contributed by atoms with Gasteiger partial charge in [-0.05, 0) is 37.7 Å². The number of nitro benzene ring substituents is 1. The molecule has 1 aliphatic carbocycles. The van der Waals surface area contributed by atoms with Crippen LogP contribution in [0.3, 0.4) is 0 Å². The molecule has 1 aromatic carbocycles. The molecule has 0 heterocycles. The number of nitrogens with zero attached hydrogens (tertiary/aromatic N) is 1. The van der Waals surface area contributed by atoms with E-state index in [9.17, 15) is 10.1 Å². The van der Waals surface area contributed by atoms with E-state index in [1.807, 2.05) is 6.07 Å². The molecule has 0 aliphatic heterocycles. The molecule has 1 saturated carbocycles. The fourth-order valence-electron chi connectivity index (χ4n) is 2.34. The number of ether oxygens (including phenoxy) is 1. The first kappa shape index (κ1) is 13.8. The van der Waals surface area contributed by atoms with Crippen molar-refractivity contribution < 1.29 is 9.66 Å². The van der Waals surface area contributed by atoms with E-state index in [0.29, 0.717) is 11.3 Å². The average molecular weight is 264 g/mol. The first-order chi connectivity index (χ1) is 9.08. The van der Waals surface area contributed by atoms with Crippen molar-refractivity contribution >= 4 is 11.4 Å². The van der Waals surface area contributed by atoms with Crippen molar-refractivity contribution in [3.8, 4) is 0 Å². The number of nitro groups is 1. The second-order valence-electron chi connectivity index (χ2n) is 5.32. The van der Waals surface area contributed by atoms with E-state index in [4.69, 9.17) is 4.74 Å². The minimum absolute atomic E-state index is 0.185. The Hall–Kier alpha value is -1.62. The van der Waals surface area contributed by atoms with Crippen molar-refractivity contribution in [1.82, 2.24) is 0 Å². The molecule has 0 saturated heterocycles. The van der Waals surface area contributed by atoms with Crippen molar-refractivity contribution in [3.63, 3.8) is 0 Å². The lowest BCUT2D eigenvalue weighted by Crippen LogP contribution is -2.18. The van der Waals surface area contributed by atoms with Gasteiger partial charge in [0.15, 0.2) is 0 Å². The van der Waals surface area contributed by atoms with Gasteiger partial charge in [-0.25, -0.2) is 0 Å². The molecule has 0 bridgehead atoms. The average Bonchev–Trinajstić information content (AvgIpc) is 3.14. The van der Waals surface area contributed by atoms with Crippen molar-refractivity contribution in [3.05, 3.63) is 33.9 Å². The van der Waals surface area contributed by atoms with Crippen LogP contribution in [0.15, 0.2) is 18.2 Å². The van der Waals surface area contributed by atoms with Gasteiger partial charge >= 0.3 is 0 Å². The molecule has 19 heavy (non-hydrogen) atoms. The lowest BCUT2D eigenvalue weighted by Gasteiger charge is -2.16. The maximum Gasteiger partial charge on any atom is 0.295 e. The third kappa shape index (κ3) is 3.23. The molecule has 0 atom stereocenters. The molecule has 104 valence electrons. The molecule has 0 aromatic heterocycles. The quantitative estimate of drug-likeness (QED) is 0.607. The van der Waals surface area contributed by atoms with E-state index in [2.05, 4.69) is 5.32 Å². The molecule has 2 rings (SSSR count). The van der Waals surface area contributed by atoms with E-state index in [1.165, 1.54) is 12.8 Å². The molecule has 0 radical (unpaired) electrons. The Morgan fingerprint density at radius 2 is 2.21 bits per heavy atom. The number of rotatable bonds is 7. The summed E-state index contributed by atoms with van der Waals surface area (Å²) in [5.74, 6) is 0. The Bertz CT molecular complexity index is 470. The van der Waals surface area contributed by atoms with Crippen LogP contribution in [0.1, 0.15) is 24.8 Å². The highest BCUT2D eigenvalue weighted by atomic mass is 16.6. The van der Waals surface area contributed by atoms with E-state index >= 15 is 0 Å². The number of methoxy groups -OCH3 is 1. The smallest absolute Gasteiger partial charge is 0.295 e. The van der Waals surface area contributed by atoms with E-state index < -0.39 is 0 Å². The lowest BCUT2D eigenvalue weighted by atomic mass is 10.0. The van der Waals surface area contributed by atoms with Crippen molar-refractivity contribution in [2.45, 2.75) is 26.2 Å². The Labute approximate surface area is 113 Å². The molecule has 1 aromatic rings. The second-order valence-corrected chi connectivity index (χ2v) is 5.32. The Kier molecular flexibility index (Phi) is 4.04. The predicted octanol–water partition coefficient (Wildman–Crippen LogP) is 3.13. The topological polar surface area (TPSA) is 64.4 Å². The highest BCUT2D eigenvalue weighted by Crippen LogP contribution is 2.49. The maximum absolute atomic E-state index is 11.1. The normalized spacial score (nSPS) is 16.1. The summed E-state index contributed by atoms with van der Waals surface area (Å²) in [5, 5.41) is 14.4. The Balaban J connectivity index is 2.04. The lowest BCUT2D eigenvalue weighted by molar-refractivity contribution is -0.384. The largest absolute Gasteiger partial charge is 0.385 e. The van der Waals surface area contributed by atoms with Gasteiger partial charge in [-0.2, -0.15) is 0 Å². The van der Waals surface area contributed by atoms with Crippen LogP contribution >= 0.6 is 0 Å². The zero-order chi connectivity index (χ0) is 13.9. The Morgan fingerprint density at radius 1 is 1.47 bits per heavy atom. The van der Waals surface area contributed by atoms with Crippen LogP contribution in [0.5, 0.6) is 0 Å². The van der Waals surface area contributed by atoms with E-state index in [1.54, 1.807) is 26.2 Å². The molecule has 1 aliphatic rings. The highest BCUT2D eigenvalue weighted by molar-refractivity contribution is 5.65. The number of nitrogens with one attached hydrogen (secondary N) is 1. The standard InChI is InChI=1S/C14H20N2O3/c1-11-4-3-5-12(13(11)16(17)18)15-10-14(6-7-14)8-9-19-2/h3-5,15H,6-10H2,1-2H3. The van der Waals surface area contributed by atoms with Gasteiger partial charge in [-0.1, -0.05) is 12.1 Å². The third-order valence-electron chi connectivity index (χ3n) is 3.87. The summed E-state index contributed by atoms with van der Waals surface area (Å²) in [6.45, 7) is 3.29. The number of anilines is 1. The molecular weight excluding hydrogens is 244 g/mol. The molecule has 5 nitrogen and oxygen atoms in total. The summed E-state index contributed by atoms with van der Waals surface area (Å²) < 4.78 is 5.11. The second kappa shape index (κ2) is 5.57. The van der Waals surface area contributed by atoms with Gasteiger partial charge in [0.25, 0.3) is 5.69 Å². The first-order valence-electron chi connectivity index (χ1n) is 6.55. The van der Waals surface area contributed by atoms with Crippen LogP contribution in [0.25, 0.3) is 0 Å². The fourth-order valence-corrected chi connectivity index (χ4v) is 2.34. The first-order valence-corrected chi connectivity index (χ1v) is 6.55. The highest BCUT2D eigenvalue weighted by Gasteiger charge is 2.42. The van der Waals surface area contributed by atoms with Crippen molar-refractivity contribution in [1.29, 1.82) is 0 Å². The van der Waals surface area contributed by atoms with Crippen LogP contribution in [-0.2, 0) is 4.74 Å². The summed E-state index contributed by atoms with van der Waals surface area (Å²) in [6, 6.07) is 5.39. The fraction of sp³-hybridized carbons (Fsp3) is 0.571. The number of hydrogen-bond acceptors (Lipinski definition) is 4. The number of aryl methyl sites for hydroxylation is 1. The molecule has 0 spiro atoms. The number of para-hydroxylation sites is 1. The van der Waals surface area contributed by atoms with Gasteiger partial charge in [0.2, 0.25) is 0 Å². The SMILES string of the molecule is COCCC1(CNc2cccc(C)c2[N+](=O)[O-])CC1. The number of benzene rings is 1. The van der Waals surface area contributed by atoms with E-state index in [-0.39, 0.29) is 16.0 Å². The minimum atomic E-state index is -0.313. The zero-order valence-corrected chi connectivity index (χ0v) is 11.4. The monoisotopic (exact) mass is 264 g/mol. The summed E-state index contributed by atoms with van der Waals surface area (Å²) in [4.78, 5) is 10.8. The molecular formula is C14H20N2O3. The van der Waals surface area contributed by atoms with Gasteiger partial charge in [0.1, 0.15) is 5.69 Å². The summed E-state index contributed by atoms with van der Waals surface area (Å²) >= 11 is 0. The van der Waals surface area contributed by atoms with Crippen LogP contribution in [0, 0.1) is 22.5 Å². The van der Waals surface area contributed by atoms with Gasteiger partial charge in [-0.3, -0.25) is 10.1 Å². The predicted molar refractivity (Wildman–Crippen MR) is 74.5 cm³/mol. The van der Waals surface area contributed by atoms with Crippen LogP contribution in [0.4, 0.5) is 11.4 Å². The zero-order valence-electron chi connectivity index (χ0n) is 11.4. The Morgan fingerprint density at radius 3 is 2.79 bits per heavy atom. The summed E-state index contributed by atoms with van der Waals surface area (Å²) in [6.07, 6.45) is 3.35. The maximum atomic E-state index is 11.1. The van der Waals surface area contributed by atoms with Crippen molar-refractivity contribution in [2.75, 3.05) is 25.6 Å². The third-order valence-corrected chi connectivity index (χ3v) is 3.87. The molecule has 0 unspecified atom stereocenters. The molecule has 1 N–H and O–H groups in total. The van der Waals surface area contributed by atoms with Crippen LogP contribution in [0.2, 0.25) is 0 Å². The van der Waals surface area contributed by atoms with Gasteiger partial charge in [0, 0.05) is 25.8 Å².